The summed E-state index contributed by atoms with van der Waals surface area (Å²) in [6.45, 7) is 6.63. The van der Waals surface area contributed by atoms with E-state index in [0.29, 0.717) is 0 Å². The lowest BCUT2D eigenvalue weighted by Gasteiger charge is -2.01. The van der Waals surface area contributed by atoms with Crippen molar-refractivity contribution in [2.24, 2.45) is 0 Å². The van der Waals surface area contributed by atoms with Crippen LogP contribution in [0.3, 0.4) is 0 Å². The van der Waals surface area contributed by atoms with E-state index in [2.05, 4.69) is 27.0 Å². The van der Waals surface area contributed by atoms with Gasteiger partial charge in [0.05, 0.1) is 12.7 Å². The molecule has 5 heteroatoms. The van der Waals surface area contributed by atoms with Gasteiger partial charge >= 0.3 is 0 Å². The second-order valence-corrected chi connectivity index (χ2v) is 9.43. The Balaban J connectivity index is 2.15. The molecule has 0 spiro atoms. The predicted octanol–water partition coefficient (Wildman–Crippen LogP) is 5.88. The van der Waals surface area contributed by atoms with E-state index in [9.17, 15) is 0 Å². The number of allylic oxidation sites excluding steroid dienone is 3. The summed E-state index contributed by atoms with van der Waals surface area (Å²) >= 11 is 9.59. The zero-order chi connectivity index (χ0) is 11.0. The fraction of sp³-hybridized carbons (Fsp3) is 0.400. The highest BCUT2D eigenvalue weighted by Crippen LogP contribution is 2.60. The number of hydrogen-bond acceptors (Lipinski definition) is 5. The summed E-state index contributed by atoms with van der Waals surface area (Å²) in [5.41, 5.74) is 0. The summed E-state index contributed by atoms with van der Waals surface area (Å²) in [4.78, 5) is 4.37. The average Bonchev–Trinajstić information content (AvgIpc) is 2.71. The van der Waals surface area contributed by atoms with E-state index in [1.807, 2.05) is 58.8 Å². The molecule has 0 saturated heterocycles. The maximum Gasteiger partial charge on any atom is 0.0708 e. The van der Waals surface area contributed by atoms with Crippen molar-refractivity contribution in [3.05, 3.63) is 27.4 Å². The van der Waals surface area contributed by atoms with Gasteiger partial charge in [0.1, 0.15) is 0 Å². The molecule has 0 atom stereocenters. The Morgan fingerprint density at radius 1 is 0.733 bits per heavy atom. The molecule has 0 unspecified atom stereocenters. The third kappa shape index (κ3) is 2.63. The first-order valence-electron chi connectivity index (χ1n) is 4.50. The van der Waals surface area contributed by atoms with E-state index < -0.39 is 0 Å². The second kappa shape index (κ2) is 5.08. The molecule has 2 heterocycles. The molecule has 2 aliphatic rings. The maximum atomic E-state index is 2.22. The maximum absolute atomic E-state index is 2.22. The molecule has 0 bridgehead atoms. The molecule has 0 aromatic carbocycles. The van der Waals surface area contributed by atoms with Crippen LogP contribution in [0, 0.1) is 0 Å². The van der Waals surface area contributed by atoms with Crippen LogP contribution in [0.15, 0.2) is 27.4 Å². The van der Waals surface area contributed by atoms with Crippen LogP contribution in [0.25, 0.3) is 0 Å². The van der Waals surface area contributed by atoms with Crippen LogP contribution in [0.2, 0.25) is 0 Å². The monoisotopic (exact) mass is 292 g/mol. The van der Waals surface area contributed by atoms with Crippen molar-refractivity contribution < 1.29 is 0 Å². The molecule has 82 valence electrons. The fourth-order valence-corrected chi connectivity index (χ4v) is 7.62. The topological polar surface area (TPSA) is 0 Å². The quantitative estimate of drug-likeness (QED) is 0.590. The standard InChI is InChI=1S/C10H12S5/c1-5-6(2)13-9(12-5)10-14-7(3)8(11-4)15-10/h1-4H3. The van der Waals surface area contributed by atoms with Gasteiger partial charge in [0.15, 0.2) is 0 Å². The van der Waals surface area contributed by atoms with E-state index in [-0.39, 0.29) is 0 Å². The smallest absolute Gasteiger partial charge is 0.0708 e. The summed E-state index contributed by atoms with van der Waals surface area (Å²) in [5.74, 6) is 0. The Morgan fingerprint density at radius 3 is 1.67 bits per heavy atom. The lowest BCUT2D eigenvalue weighted by Crippen LogP contribution is -1.66. The molecule has 0 saturated carbocycles. The third-order valence-electron chi connectivity index (χ3n) is 2.06. The molecule has 0 aromatic rings. The van der Waals surface area contributed by atoms with Gasteiger partial charge in [-0.25, -0.2) is 0 Å². The minimum atomic E-state index is 1.46. The minimum absolute atomic E-state index is 1.46. The van der Waals surface area contributed by atoms with Crippen LogP contribution in [0.5, 0.6) is 0 Å². The Bertz CT molecular complexity index is 373. The van der Waals surface area contributed by atoms with Crippen molar-refractivity contribution in [3.63, 3.8) is 0 Å². The zero-order valence-electron chi connectivity index (χ0n) is 9.04. The van der Waals surface area contributed by atoms with Gasteiger partial charge in [-0.15, -0.1) is 11.8 Å². The van der Waals surface area contributed by atoms with Gasteiger partial charge in [-0.1, -0.05) is 47.0 Å². The average molecular weight is 293 g/mol. The number of rotatable bonds is 1. The van der Waals surface area contributed by atoms with E-state index in [1.54, 1.807) is 0 Å². The lowest BCUT2D eigenvalue weighted by atomic mass is 10.6. The highest BCUT2D eigenvalue weighted by atomic mass is 32.2. The highest BCUT2D eigenvalue weighted by Gasteiger charge is 2.25. The first-order valence-corrected chi connectivity index (χ1v) is 8.99. The van der Waals surface area contributed by atoms with Crippen molar-refractivity contribution in [3.8, 4) is 0 Å². The molecular weight excluding hydrogens is 280 g/mol. The van der Waals surface area contributed by atoms with E-state index in [1.165, 1.54) is 27.4 Å². The number of thioether (sulfide) groups is 5. The van der Waals surface area contributed by atoms with Gasteiger partial charge < -0.3 is 0 Å². The van der Waals surface area contributed by atoms with Crippen LogP contribution in [0.4, 0.5) is 0 Å². The van der Waals surface area contributed by atoms with Crippen molar-refractivity contribution in [1.82, 2.24) is 0 Å². The Morgan fingerprint density at radius 2 is 1.20 bits per heavy atom. The molecule has 2 aliphatic heterocycles. The summed E-state index contributed by atoms with van der Waals surface area (Å²) in [6, 6.07) is 0. The van der Waals surface area contributed by atoms with Crippen LogP contribution in [0.1, 0.15) is 20.8 Å². The lowest BCUT2D eigenvalue weighted by molar-refractivity contribution is 1.57. The molecule has 0 radical (unpaired) electrons. The SMILES string of the molecule is CSC1=C(C)SC(=C2SC(C)=C(C)S2)S1. The van der Waals surface area contributed by atoms with E-state index >= 15 is 0 Å². The van der Waals surface area contributed by atoms with E-state index in [4.69, 9.17) is 0 Å². The van der Waals surface area contributed by atoms with Crippen LogP contribution in [-0.2, 0) is 0 Å². The molecule has 0 aliphatic carbocycles. The molecule has 0 nitrogen and oxygen atoms in total. The second-order valence-electron chi connectivity index (χ2n) is 3.14. The first kappa shape index (κ1) is 12.4. The van der Waals surface area contributed by atoms with Crippen LogP contribution < -0.4 is 0 Å². The van der Waals surface area contributed by atoms with Crippen LogP contribution >= 0.6 is 58.8 Å². The largest absolute Gasteiger partial charge is 0.122 e. The first-order chi connectivity index (χ1) is 7.11. The molecule has 0 aromatic heterocycles. The van der Waals surface area contributed by atoms with Gasteiger partial charge in [0, 0.05) is 4.91 Å². The molecule has 2 rings (SSSR count). The molecule has 0 fully saturated rings. The molecular formula is C10H12S5. The Kier molecular flexibility index (Phi) is 4.21. The Hall–Kier alpha value is 0.970. The van der Waals surface area contributed by atoms with Gasteiger partial charge in [-0.05, 0) is 36.8 Å². The summed E-state index contributed by atoms with van der Waals surface area (Å²) < 4.78 is 4.41. The Labute approximate surface area is 113 Å². The van der Waals surface area contributed by atoms with Crippen molar-refractivity contribution in [2.75, 3.05) is 6.26 Å². The third-order valence-corrected chi connectivity index (χ3v) is 9.17. The molecule has 0 amide bonds. The highest BCUT2D eigenvalue weighted by molar-refractivity contribution is 8.38. The normalized spacial score (nSPS) is 22.4. The summed E-state index contributed by atoms with van der Waals surface area (Å²) in [6.07, 6.45) is 2.16. The molecule has 15 heavy (non-hydrogen) atoms. The summed E-state index contributed by atoms with van der Waals surface area (Å²) in [5, 5.41) is 0. The van der Waals surface area contributed by atoms with Gasteiger partial charge in [0.2, 0.25) is 0 Å². The van der Waals surface area contributed by atoms with Gasteiger partial charge in [0.25, 0.3) is 0 Å². The van der Waals surface area contributed by atoms with E-state index in [0.717, 1.165) is 0 Å². The van der Waals surface area contributed by atoms with Crippen LogP contribution in [-0.4, -0.2) is 6.26 Å². The summed E-state index contributed by atoms with van der Waals surface area (Å²) in [7, 11) is 0. The van der Waals surface area contributed by atoms with Gasteiger partial charge in [-0.3, -0.25) is 0 Å². The van der Waals surface area contributed by atoms with Crippen molar-refractivity contribution >= 4 is 58.8 Å². The van der Waals surface area contributed by atoms with Gasteiger partial charge in [-0.2, -0.15) is 0 Å². The minimum Gasteiger partial charge on any atom is -0.122 e. The van der Waals surface area contributed by atoms with Crippen molar-refractivity contribution in [1.29, 1.82) is 0 Å². The van der Waals surface area contributed by atoms with Crippen molar-refractivity contribution in [2.45, 2.75) is 20.8 Å². The number of hydrogen-bond donors (Lipinski definition) is 0. The molecule has 0 N–H and O–H groups in total. The fourth-order valence-electron chi connectivity index (χ4n) is 1.15. The predicted molar refractivity (Wildman–Crippen MR) is 82.0 cm³/mol. The zero-order valence-corrected chi connectivity index (χ0v) is 13.1.